The lowest BCUT2D eigenvalue weighted by Gasteiger charge is -2.38. The minimum atomic E-state index is -5.83. The topological polar surface area (TPSA) is 86.2 Å². The van der Waals surface area contributed by atoms with Crippen LogP contribution in [0.4, 0.5) is 37.7 Å². The van der Waals surface area contributed by atoms with Crippen molar-refractivity contribution in [2.75, 3.05) is 11.5 Å². The fraction of sp³-hybridized carbons (Fsp3) is 0.103. The standard InChI is InChI=1S/C29H20F6N2O2/c30-28(31,32)27(29(33,34)35,21-11-7-17(8-12-21)25(38)19-3-1-5-23(36)15-19)22-13-9-18(10-14-22)26(39)20-4-2-6-24(37)16-20/h1-16H,36-37H2. The monoisotopic (exact) mass is 542 g/mol. The Morgan fingerprint density at radius 3 is 1.10 bits per heavy atom. The molecule has 4 rings (SSSR count). The first-order chi connectivity index (χ1) is 18.3. The van der Waals surface area contributed by atoms with E-state index in [4.69, 9.17) is 11.5 Å². The summed E-state index contributed by atoms with van der Waals surface area (Å²) in [5.74, 6) is -1.24. The first-order valence-electron chi connectivity index (χ1n) is 11.4. The van der Waals surface area contributed by atoms with Crippen molar-refractivity contribution < 1.29 is 35.9 Å². The molecule has 0 aliphatic carbocycles. The van der Waals surface area contributed by atoms with Gasteiger partial charge in [0.1, 0.15) is 0 Å². The number of hydrogen-bond donors (Lipinski definition) is 2. The maximum absolute atomic E-state index is 14.5. The number of alkyl halides is 6. The summed E-state index contributed by atoms with van der Waals surface area (Å²) in [6.45, 7) is 0. The van der Waals surface area contributed by atoms with Gasteiger partial charge < -0.3 is 11.5 Å². The molecule has 39 heavy (non-hydrogen) atoms. The number of halogens is 6. The number of nitrogens with two attached hydrogens (primary N) is 2. The Morgan fingerprint density at radius 2 is 0.821 bits per heavy atom. The van der Waals surface area contributed by atoms with E-state index in [0.29, 0.717) is 24.3 Å². The molecule has 0 bridgehead atoms. The highest BCUT2D eigenvalue weighted by atomic mass is 19.4. The minimum absolute atomic E-state index is 0.120. The molecule has 4 N–H and O–H groups in total. The Labute approximate surface area is 218 Å². The summed E-state index contributed by atoms with van der Waals surface area (Å²) in [7, 11) is 0. The van der Waals surface area contributed by atoms with E-state index in [9.17, 15) is 35.9 Å². The number of nitrogen functional groups attached to an aromatic ring is 2. The summed E-state index contributed by atoms with van der Waals surface area (Å²) >= 11 is 0. The quantitative estimate of drug-likeness (QED) is 0.161. The highest BCUT2D eigenvalue weighted by Crippen LogP contribution is 2.56. The normalized spacial score (nSPS) is 12.3. The lowest BCUT2D eigenvalue weighted by molar-refractivity contribution is -0.288. The number of carbonyl (C=O) groups excluding carboxylic acids is 2. The molecule has 0 atom stereocenters. The molecule has 0 aromatic heterocycles. The van der Waals surface area contributed by atoms with Crippen LogP contribution in [-0.4, -0.2) is 23.9 Å². The predicted octanol–water partition coefficient (Wildman–Crippen LogP) is 6.72. The van der Waals surface area contributed by atoms with Crippen LogP contribution >= 0.6 is 0 Å². The summed E-state index contributed by atoms with van der Waals surface area (Å²) in [6.07, 6.45) is -11.7. The Bertz CT molecular complexity index is 1410. The van der Waals surface area contributed by atoms with Gasteiger partial charge in [0.25, 0.3) is 0 Å². The van der Waals surface area contributed by atoms with Gasteiger partial charge in [-0.2, -0.15) is 26.3 Å². The van der Waals surface area contributed by atoms with Gasteiger partial charge in [-0.3, -0.25) is 9.59 Å². The second-order valence-electron chi connectivity index (χ2n) is 8.81. The van der Waals surface area contributed by atoms with E-state index in [2.05, 4.69) is 0 Å². The van der Waals surface area contributed by atoms with Crippen molar-refractivity contribution in [3.8, 4) is 0 Å². The van der Waals surface area contributed by atoms with Crippen LogP contribution in [0.25, 0.3) is 0 Å². The van der Waals surface area contributed by atoms with Crippen LogP contribution in [0.3, 0.4) is 0 Å². The van der Waals surface area contributed by atoms with Gasteiger partial charge >= 0.3 is 12.4 Å². The lowest BCUT2D eigenvalue weighted by Crippen LogP contribution is -2.54. The molecular formula is C29H20F6N2O2. The maximum atomic E-state index is 14.5. The molecule has 0 amide bonds. The Balaban J connectivity index is 1.79. The van der Waals surface area contributed by atoms with Gasteiger partial charge in [0.15, 0.2) is 11.6 Å². The average Bonchev–Trinajstić information content (AvgIpc) is 2.87. The van der Waals surface area contributed by atoms with Crippen LogP contribution in [0.2, 0.25) is 0 Å². The van der Waals surface area contributed by atoms with Crippen LogP contribution < -0.4 is 11.5 Å². The van der Waals surface area contributed by atoms with Gasteiger partial charge in [-0.25, -0.2) is 0 Å². The van der Waals surface area contributed by atoms with Gasteiger partial charge in [0.05, 0.1) is 0 Å². The van der Waals surface area contributed by atoms with E-state index in [1.807, 2.05) is 0 Å². The van der Waals surface area contributed by atoms with Crippen molar-refractivity contribution in [1.29, 1.82) is 0 Å². The van der Waals surface area contributed by atoms with E-state index in [-0.39, 0.29) is 33.6 Å². The number of carbonyl (C=O) groups is 2. The number of ketones is 2. The SMILES string of the molecule is Nc1cccc(C(=O)c2ccc(C(c3ccc(C(=O)c4cccc(N)c4)cc3)(C(F)(F)F)C(F)(F)F)cc2)c1. The molecule has 4 aromatic rings. The van der Waals surface area contributed by atoms with E-state index >= 15 is 0 Å². The van der Waals surface area contributed by atoms with Crippen LogP contribution in [0, 0.1) is 0 Å². The molecule has 200 valence electrons. The minimum Gasteiger partial charge on any atom is -0.399 e. The fourth-order valence-corrected chi connectivity index (χ4v) is 4.42. The van der Waals surface area contributed by atoms with Crippen LogP contribution in [0.5, 0.6) is 0 Å². The Kier molecular flexibility index (Phi) is 6.99. The highest BCUT2D eigenvalue weighted by molar-refractivity contribution is 6.10. The third kappa shape index (κ3) is 4.97. The number of hydrogen-bond acceptors (Lipinski definition) is 4. The van der Waals surface area contributed by atoms with Gasteiger partial charge in [0, 0.05) is 33.6 Å². The van der Waals surface area contributed by atoms with Gasteiger partial charge in [-0.1, -0.05) is 72.8 Å². The fourth-order valence-electron chi connectivity index (χ4n) is 4.42. The Morgan fingerprint density at radius 1 is 0.487 bits per heavy atom. The zero-order chi connectivity index (χ0) is 28.6. The summed E-state index contributed by atoms with van der Waals surface area (Å²) in [5.41, 5.74) is 5.15. The molecule has 0 heterocycles. The van der Waals surface area contributed by atoms with Crippen LogP contribution in [0.1, 0.15) is 43.0 Å². The summed E-state index contributed by atoms with van der Waals surface area (Å²) in [4.78, 5) is 25.4. The maximum Gasteiger partial charge on any atom is 0.411 e. The molecule has 4 nitrogen and oxygen atoms in total. The van der Waals surface area contributed by atoms with E-state index in [1.54, 1.807) is 0 Å². The van der Waals surface area contributed by atoms with E-state index in [0.717, 1.165) is 24.3 Å². The van der Waals surface area contributed by atoms with Gasteiger partial charge in [0.2, 0.25) is 5.41 Å². The van der Waals surface area contributed by atoms with Crippen molar-refractivity contribution in [3.05, 3.63) is 130 Å². The summed E-state index contributed by atoms with van der Waals surface area (Å²) in [6, 6.07) is 17.7. The zero-order valence-electron chi connectivity index (χ0n) is 20.0. The summed E-state index contributed by atoms with van der Waals surface area (Å²) < 4.78 is 87.0. The molecule has 0 spiro atoms. The first-order valence-corrected chi connectivity index (χ1v) is 11.4. The molecule has 0 unspecified atom stereocenters. The second-order valence-corrected chi connectivity index (χ2v) is 8.81. The third-order valence-corrected chi connectivity index (χ3v) is 6.31. The highest BCUT2D eigenvalue weighted by Gasteiger charge is 2.72. The molecule has 0 radical (unpaired) electrons. The van der Waals surface area contributed by atoms with E-state index < -0.39 is 40.5 Å². The molecule has 0 aliphatic heterocycles. The van der Waals surface area contributed by atoms with E-state index in [1.165, 1.54) is 48.5 Å². The molecule has 0 saturated heterocycles. The van der Waals surface area contributed by atoms with Crippen molar-refractivity contribution in [2.24, 2.45) is 0 Å². The average molecular weight is 542 g/mol. The molecule has 0 saturated carbocycles. The third-order valence-electron chi connectivity index (χ3n) is 6.31. The Hall–Kier alpha value is -4.60. The van der Waals surface area contributed by atoms with Crippen molar-refractivity contribution in [1.82, 2.24) is 0 Å². The van der Waals surface area contributed by atoms with Crippen LogP contribution in [0.15, 0.2) is 97.1 Å². The molecular weight excluding hydrogens is 522 g/mol. The number of anilines is 2. The van der Waals surface area contributed by atoms with Crippen LogP contribution in [-0.2, 0) is 5.41 Å². The first kappa shape index (κ1) is 27.4. The predicted molar refractivity (Wildman–Crippen MR) is 134 cm³/mol. The molecule has 0 aliphatic rings. The van der Waals surface area contributed by atoms with Crippen molar-refractivity contribution in [3.63, 3.8) is 0 Å². The number of benzene rings is 4. The van der Waals surface area contributed by atoms with Gasteiger partial charge in [-0.05, 0) is 35.4 Å². The molecule has 10 heteroatoms. The molecule has 4 aromatic carbocycles. The number of rotatable bonds is 6. The molecule has 0 fully saturated rings. The lowest BCUT2D eigenvalue weighted by atomic mass is 9.72. The largest absolute Gasteiger partial charge is 0.411 e. The summed E-state index contributed by atoms with van der Waals surface area (Å²) in [5, 5.41) is 0. The van der Waals surface area contributed by atoms with Crippen molar-refractivity contribution in [2.45, 2.75) is 17.8 Å². The van der Waals surface area contributed by atoms with Gasteiger partial charge in [-0.15, -0.1) is 0 Å². The smallest absolute Gasteiger partial charge is 0.399 e. The van der Waals surface area contributed by atoms with Crippen molar-refractivity contribution >= 4 is 22.9 Å². The zero-order valence-corrected chi connectivity index (χ0v) is 20.0. The second kappa shape index (κ2) is 9.94.